The van der Waals surface area contributed by atoms with Gasteiger partial charge in [0.2, 0.25) is 0 Å². The van der Waals surface area contributed by atoms with Crippen molar-refractivity contribution < 1.29 is 0 Å². The number of aryl methyl sites for hydroxylation is 1. The van der Waals surface area contributed by atoms with Crippen LogP contribution in [0.15, 0.2) is 9.85 Å². The molecule has 84 valence electrons. The summed E-state index contributed by atoms with van der Waals surface area (Å²) >= 11 is 12.0. The summed E-state index contributed by atoms with van der Waals surface area (Å²) in [6.45, 7) is 4.50. The van der Waals surface area contributed by atoms with Crippen LogP contribution in [0, 0.1) is 12.3 Å². The number of rotatable bonds is 2. The van der Waals surface area contributed by atoms with E-state index in [1.54, 1.807) is 11.3 Å². The van der Waals surface area contributed by atoms with Crippen LogP contribution in [0.1, 0.15) is 48.4 Å². The first-order valence-corrected chi connectivity index (χ1v) is 7.47. The Kier molecular flexibility index (Phi) is 3.49. The fourth-order valence-electron chi connectivity index (χ4n) is 2.52. The van der Waals surface area contributed by atoms with Gasteiger partial charge in [-0.1, -0.05) is 19.8 Å². The molecule has 0 radical (unpaired) electrons. The summed E-state index contributed by atoms with van der Waals surface area (Å²) < 4.78 is 1.20. The Hall–Kier alpha value is 0.470. The van der Waals surface area contributed by atoms with Gasteiger partial charge in [-0.3, -0.25) is 0 Å². The number of hydrogen-bond acceptors (Lipinski definition) is 1. The molecule has 0 amide bonds. The van der Waals surface area contributed by atoms with Crippen molar-refractivity contribution in [3.05, 3.63) is 20.3 Å². The van der Waals surface area contributed by atoms with Crippen LogP contribution >= 0.6 is 38.9 Å². The first-order valence-electron chi connectivity index (χ1n) is 5.43. The quantitative estimate of drug-likeness (QED) is 0.617. The summed E-state index contributed by atoms with van der Waals surface area (Å²) in [5.74, 6) is 0. The lowest BCUT2D eigenvalue weighted by Gasteiger charge is -2.29. The van der Waals surface area contributed by atoms with Crippen LogP contribution in [0.2, 0.25) is 0 Å². The lowest BCUT2D eigenvalue weighted by molar-refractivity contribution is 0.321. The fraction of sp³-hybridized carbons (Fsp3) is 0.667. The molecule has 1 aromatic rings. The fourth-order valence-corrected chi connectivity index (χ4v) is 4.78. The van der Waals surface area contributed by atoms with Gasteiger partial charge in [0, 0.05) is 4.88 Å². The molecular formula is C12H16BrClS. The maximum atomic E-state index is 6.66. The van der Waals surface area contributed by atoms with E-state index in [1.807, 2.05) is 0 Å². The molecule has 1 aromatic heterocycles. The Balaban J connectivity index is 2.27. The average molecular weight is 308 g/mol. The highest BCUT2D eigenvalue weighted by Gasteiger charge is 2.37. The van der Waals surface area contributed by atoms with Crippen molar-refractivity contribution in [1.29, 1.82) is 0 Å². The molecule has 3 heteroatoms. The SMILES string of the molecule is Cc1sc(Br)cc1C(Cl)C1(C)CCCC1. The van der Waals surface area contributed by atoms with Crippen LogP contribution in [-0.4, -0.2) is 0 Å². The maximum absolute atomic E-state index is 6.66. The second-order valence-electron chi connectivity index (χ2n) is 4.79. The molecule has 2 rings (SSSR count). The zero-order chi connectivity index (χ0) is 11.1. The van der Waals surface area contributed by atoms with Crippen molar-refractivity contribution in [1.82, 2.24) is 0 Å². The molecule has 0 bridgehead atoms. The van der Waals surface area contributed by atoms with E-state index in [1.165, 1.54) is 39.9 Å². The van der Waals surface area contributed by atoms with Crippen molar-refractivity contribution in [2.24, 2.45) is 5.41 Å². The Morgan fingerprint density at radius 2 is 2.07 bits per heavy atom. The molecular weight excluding hydrogens is 292 g/mol. The van der Waals surface area contributed by atoms with Crippen LogP contribution in [-0.2, 0) is 0 Å². The van der Waals surface area contributed by atoms with Gasteiger partial charge in [0.05, 0.1) is 9.16 Å². The molecule has 0 nitrogen and oxygen atoms in total. The van der Waals surface area contributed by atoms with Crippen molar-refractivity contribution >= 4 is 38.9 Å². The van der Waals surface area contributed by atoms with Crippen molar-refractivity contribution in [3.63, 3.8) is 0 Å². The van der Waals surface area contributed by atoms with Crippen LogP contribution in [0.4, 0.5) is 0 Å². The van der Waals surface area contributed by atoms with E-state index in [2.05, 4.69) is 35.8 Å². The molecule has 1 unspecified atom stereocenters. The molecule has 1 aliphatic rings. The van der Waals surface area contributed by atoms with Gasteiger partial charge in [0.25, 0.3) is 0 Å². The Labute approximate surface area is 109 Å². The number of thiophene rings is 1. The van der Waals surface area contributed by atoms with Crippen LogP contribution < -0.4 is 0 Å². The first-order chi connectivity index (χ1) is 7.03. The standard InChI is InChI=1S/C12H16BrClS/c1-8-9(7-10(13)15-8)11(14)12(2)5-3-4-6-12/h7,11H,3-6H2,1-2H3. The molecule has 1 aliphatic carbocycles. The van der Waals surface area contributed by atoms with Gasteiger partial charge in [-0.05, 0) is 52.7 Å². The van der Waals surface area contributed by atoms with E-state index in [9.17, 15) is 0 Å². The van der Waals surface area contributed by atoms with Gasteiger partial charge in [0.15, 0.2) is 0 Å². The van der Waals surface area contributed by atoms with Crippen molar-refractivity contribution in [2.75, 3.05) is 0 Å². The third-order valence-corrected chi connectivity index (χ3v) is 5.89. The molecule has 0 saturated heterocycles. The van der Waals surface area contributed by atoms with Crippen molar-refractivity contribution in [3.8, 4) is 0 Å². The highest BCUT2D eigenvalue weighted by Crippen LogP contribution is 2.52. The van der Waals surface area contributed by atoms with Crippen LogP contribution in [0.5, 0.6) is 0 Å². The highest BCUT2D eigenvalue weighted by atomic mass is 79.9. The molecule has 0 aromatic carbocycles. The molecule has 0 N–H and O–H groups in total. The van der Waals surface area contributed by atoms with Gasteiger partial charge in [-0.25, -0.2) is 0 Å². The second kappa shape index (κ2) is 4.38. The monoisotopic (exact) mass is 306 g/mol. The average Bonchev–Trinajstić information content (AvgIpc) is 2.73. The smallest absolute Gasteiger partial charge is 0.0704 e. The van der Waals surface area contributed by atoms with E-state index in [0.717, 1.165) is 0 Å². The van der Waals surface area contributed by atoms with Gasteiger partial charge < -0.3 is 0 Å². The third kappa shape index (κ3) is 2.27. The zero-order valence-electron chi connectivity index (χ0n) is 9.15. The molecule has 1 atom stereocenters. The Morgan fingerprint density at radius 1 is 1.47 bits per heavy atom. The van der Waals surface area contributed by atoms with E-state index < -0.39 is 0 Å². The highest BCUT2D eigenvalue weighted by molar-refractivity contribution is 9.11. The molecule has 1 heterocycles. The van der Waals surface area contributed by atoms with E-state index in [0.29, 0.717) is 5.41 Å². The zero-order valence-corrected chi connectivity index (χ0v) is 12.3. The molecule has 0 aliphatic heterocycles. The summed E-state index contributed by atoms with van der Waals surface area (Å²) in [5.41, 5.74) is 1.64. The first kappa shape index (κ1) is 11.9. The summed E-state index contributed by atoms with van der Waals surface area (Å²) in [7, 11) is 0. The van der Waals surface area contributed by atoms with Gasteiger partial charge in [0.1, 0.15) is 0 Å². The minimum atomic E-state index is 0.183. The summed E-state index contributed by atoms with van der Waals surface area (Å²) in [6.07, 6.45) is 5.22. The molecule has 1 saturated carbocycles. The summed E-state index contributed by atoms with van der Waals surface area (Å²) in [4.78, 5) is 1.36. The largest absolute Gasteiger partial charge is 0.133 e. The summed E-state index contributed by atoms with van der Waals surface area (Å²) in [5, 5.41) is 0.183. The van der Waals surface area contributed by atoms with E-state index in [4.69, 9.17) is 11.6 Å². The Bertz CT molecular complexity index is 353. The predicted octanol–water partition coefficient (Wildman–Crippen LogP) is 5.68. The van der Waals surface area contributed by atoms with Crippen LogP contribution in [0.3, 0.4) is 0 Å². The number of halogens is 2. The Morgan fingerprint density at radius 3 is 2.53 bits per heavy atom. The second-order valence-corrected chi connectivity index (χ2v) is 7.86. The maximum Gasteiger partial charge on any atom is 0.0704 e. The molecule has 15 heavy (non-hydrogen) atoms. The predicted molar refractivity (Wildman–Crippen MR) is 71.9 cm³/mol. The van der Waals surface area contributed by atoms with Crippen molar-refractivity contribution in [2.45, 2.75) is 44.9 Å². The van der Waals surface area contributed by atoms with E-state index in [-0.39, 0.29) is 5.38 Å². The molecule has 0 spiro atoms. The summed E-state index contributed by atoms with van der Waals surface area (Å²) in [6, 6.07) is 2.20. The van der Waals surface area contributed by atoms with Crippen LogP contribution in [0.25, 0.3) is 0 Å². The molecule has 1 fully saturated rings. The number of alkyl halides is 1. The van der Waals surface area contributed by atoms with Gasteiger partial charge in [-0.2, -0.15) is 0 Å². The lowest BCUT2D eigenvalue weighted by Crippen LogP contribution is -2.18. The van der Waals surface area contributed by atoms with Gasteiger partial charge in [-0.15, -0.1) is 22.9 Å². The minimum Gasteiger partial charge on any atom is -0.133 e. The van der Waals surface area contributed by atoms with E-state index >= 15 is 0 Å². The topological polar surface area (TPSA) is 0 Å². The third-order valence-electron chi connectivity index (χ3n) is 3.56. The lowest BCUT2D eigenvalue weighted by atomic mass is 9.82. The normalized spacial score (nSPS) is 21.9. The number of hydrogen-bond donors (Lipinski definition) is 0. The minimum absolute atomic E-state index is 0.183. The van der Waals surface area contributed by atoms with Gasteiger partial charge >= 0.3 is 0 Å².